The summed E-state index contributed by atoms with van der Waals surface area (Å²) in [5.74, 6) is 0. The Kier molecular flexibility index (Phi) is 2.92. The number of hydrazone groups is 1. The lowest BCUT2D eigenvalue weighted by Crippen LogP contribution is -2.60. The van der Waals surface area contributed by atoms with Gasteiger partial charge in [-0.1, -0.05) is 0 Å². The van der Waals surface area contributed by atoms with E-state index in [1.54, 1.807) is 0 Å². The van der Waals surface area contributed by atoms with Crippen molar-refractivity contribution >= 4 is 6.34 Å². The topological polar surface area (TPSA) is 18.8 Å². The molecule has 0 saturated carbocycles. The Morgan fingerprint density at radius 3 is 1.82 bits per heavy atom. The summed E-state index contributed by atoms with van der Waals surface area (Å²) in [7, 11) is 0.640. The Hall–Kier alpha value is -1.29. The van der Waals surface area contributed by atoms with Gasteiger partial charge in [0.2, 0.25) is 6.17 Å². The van der Waals surface area contributed by atoms with Crippen molar-refractivity contribution in [2.45, 2.75) is 24.6 Å². The van der Waals surface area contributed by atoms with Crippen molar-refractivity contribution in [2.24, 2.45) is 5.10 Å². The summed E-state index contributed by atoms with van der Waals surface area (Å²) in [5, 5.41) is 2.75. The number of hydrogen-bond acceptors (Lipinski definition) is 3. The molecule has 1 atom stereocenters. The van der Waals surface area contributed by atoms with Gasteiger partial charge in [0.15, 0.2) is 0 Å². The molecule has 0 N–H and O–H groups in total. The fourth-order valence-corrected chi connectivity index (χ4v) is 1.19. The third-order valence-electron chi connectivity index (χ3n) is 1.93. The molecule has 0 radical (unpaired) electrons. The zero-order chi connectivity index (χ0) is 13.6. The maximum Gasteiger partial charge on any atom is 0.475 e. The third-order valence-corrected chi connectivity index (χ3v) is 1.93. The second kappa shape index (κ2) is 3.60. The van der Waals surface area contributed by atoms with Crippen LogP contribution in [0.3, 0.4) is 0 Å². The molecule has 1 rings (SSSR count). The maximum atomic E-state index is 12.8. The van der Waals surface area contributed by atoms with Crippen molar-refractivity contribution in [1.29, 1.82) is 0 Å². The summed E-state index contributed by atoms with van der Waals surface area (Å²) < 4.78 is 98.3. The van der Waals surface area contributed by atoms with Crippen LogP contribution in [0, 0.1) is 0 Å². The van der Waals surface area contributed by atoms with E-state index in [1.165, 1.54) is 0 Å². The van der Waals surface area contributed by atoms with Crippen LogP contribution in [0.2, 0.25) is 0 Å². The van der Waals surface area contributed by atoms with Gasteiger partial charge in [0.25, 0.3) is 0 Å². The van der Waals surface area contributed by atoms with E-state index in [9.17, 15) is 35.1 Å². The van der Waals surface area contributed by atoms with E-state index in [4.69, 9.17) is 0 Å². The Labute approximate surface area is 89.3 Å². The number of rotatable bonds is 1. The van der Waals surface area contributed by atoms with Gasteiger partial charge in [-0.2, -0.15) is 40.2 Å². The number of alkyl halides is 8. The first kappa shape index (κ1) is 13.8. The second-order valence-electron chi connectivity index (χ2n) is 3.17. The first-order valence-corrected chi connectivity index (χ1v) is 3.95. The molecule has 0 fully saturated rings. The predicted octanol–water partition coefficient (Wildman–Crippen LogP) is 2.22. The fourth-order valence-electron chi connectivity index (χ4n) is 1.19. The number of hydrogen-bond donors (Lipinski definition) is 0. The van der Waals surface area contributed by atoms with Gasteiger partial charge in [-0.3, -0.25) is 9.91 Å². The van der Waals surface area contributed by atoms with Crippen LogP contribution in [0.25, 0.3) is 0 Å². The predicted molar refractivity (Wildman–Crippen MR) is 38.9 cm³/mol. The van der Waals surface area contributed by atoms with Crippen molar-refractivity contribution in [2.75, 3.05) is 7.05 Å². The highest BCUT2D eigenvalue weighted by Crippen LogP contribution is 2.43. The number of halogens is 8. The van der Waals surface area contributed by atoms with E-state index in [-0.39, 0.29) is 11.3 Å². The van der Waals surface area contributed by atoms with Crippen LogP contribution < -0.4 is 0 Å². The van der Waals surface area contributed by atoms with Crippen LogP contribution in [0.1, 0.15) is 0 Å². The lowest BCUT2D eigenvalue weighted by molar-refractivity contribution is -0.351. The molecule has 0 aromatic carbocycles. The minimum atomic E-state index is -6.13. The zero-order valence-corrected chi connectivity index (χ0v) is 8.02. The molecule has 17 heavy (non-hydrogen) atoms. The van der Waals surface area contributed by atoms with E-state index in [0.29, 0.717) is 7.05 Å². The van der Waals surface area contributed by atoms with E-state index in [1.807, 2.05) is 0 Å². The summed E-state index contributed by atoms with van der Waals surface area (Å²) >= 11 is 0. The van der Waals surface area contributed by atoms with Crippen molar-refractivity contribution in [3.63, 3.8) is 0 Å². The molecule has 1 heterocycles. The molecule has 3 nitrogen and oxygen atoms in total. The normalized spacial score (nSPS) is 22.5. The average molecular weight is 271 g/mol. The molecule has 1 unspecified atom stereocenters. The van der Waals surface area contributed by atoms with Crippen LogP contribution in [0.4, 0.5) is 35.1 Å². The number of nitrogens with zero attached hydrogens (tertiary/aromatic N) is 3. The minimum absolute atomic E-state index is 0.0281. The van der Waals surface area contributed by atoms with Gasteiger partial charge < -0.3 is 0 Å². The van der Waals surface area contributed by atoms with Gasteiger partial charge in [0.05, 0.1) is 0 Å². The Morgan fingerprint density at radius 1 is 1.00 bits per heavy atom. The van der Waals surface area contributed by atoms with Crippen molar-refractivity contribution in [3.05, 3.63) is 0 Å². The van der Waals surface area contributed by atoms with Crippen LogP contribution in [0.5, 0.6) is 0 Å². The molecule has 0 spiro atoms. The summed E-state index contributed by atoms with van der Waals surface area (Å²) in [5.41, 5.74) is 0. The zero-order valence-electron chi connectivity index (χ0n) is 8.02. The van der Waals surface area contributed by atoms with E-state index < -0.39 is 29.5 Å². The molecule has 0 aromatic heterocycles. The summed E-state index contributed by atoms with van der Waals surface area (Å²) in [6, 6.07) is -5.65. The maximum absolute atomic E-state index is 12.8. The Balaban J connectivity index is 3.10. The molecular weight excluding hydrogens is 266 g/mol. The molecule has 1 aliphatic rings. The van der Waals surface area contributed by atoms with Crippen LogP contribution in [-0.2, 0) is 0 Å². The summed E-state index contributed by atoms with van der Waals surface area (Å²) in [4.78, 5) is -1.17. The standard InChI is InChI=1S/C6H5F8N3/c1-16-3(4(7,8)9)17(2-15-16)6(13,14)5(10,11)12/h2-3H,1H3. The minimum Gasteiger partial charge on any atom is -0.267 e. The third kappa shape index (κ3) is 2.22. The molecule has 0 amide bonds. The van der Waals surface area contributed by atoms with Crippen molar-refractivity contribution < 1.29 is 35.1 Å². The van der Waals surface area contributed by atoms with Crippen LogP contribution in [-0.4, -0.2) is 47.9 Å². The van der Waals surface area contributed by atoms with E-state index in [2.05, 4.69) is 5.10 Å². The summed E-state index contributed by atoms with van der Waals surface area (Å²) in [6.07, 6.45) is -14.8. The van der Waals surface area contributed by atoms with E-state index >= 15 is 0 Å². The molecule has 0 saturated heterocycles. The molecule has 100 valence electrons. The fraction of sp³-hybridized carbons (Fsp3) is 0.833. The lowest BCUT2D eigenvalue weighted by Gasteiger charge is -2.35. The van der Waals surface area contributed by atoms with Gasteiger partial charge in [-0.15, -0.1) is 0 Å². The van der Waals surface area contributed by atoms with E-state index in [0.717, 1.165) is 0 Å². The van der Waals surface area contributed by atoms with Gasteiger partial charge in [0.1, 0.15) is 6.34 Å². The lowest BCUT2D eigenvalue weighted by atomic mass is 10.3. The quantitative estimate of drug-likeness (QED) is 0.538. The average Bonchev–Trinajstić information content (AvgIpc) is 2.44. The second-order valence-corrected chi connectivity index (χ2v) is 3.17. The SMILES string of the molecule is CN1N=CN(C(F)(F)C(F)(F)F)C1C(F)(F)F. The molecule has 1 aliphatic heterocycles. The van der Waals surface area contributed by atoms with Gasteiger partial charge >= 0.3 is 18.4 Å². The van der Waals surface area contributed by atoms with Crippen LogP contribution in [0.15, 0.2) is 5.10 Å². The summed E-state index contributed by atoms with van der Waals surface area (Å²) in [6.45, 7) is 0. The van der Waals surface area contributed by atoms with Crippen LogP contribution >= 0.6 is 0 Å². The highest BCUT2D eigenvalue weighted by Gasteiger charge is 2.67. The highest BCUT2D eigenvalue weighted by molar-refractivity contribution is 5.58. The first-order chi connectivity index (χ1) is 7.39. The van der Waals surface area contributed by atoms with Crippen molar-refractivity contribution in [1.82, 2.24) is 9.91 Å². The first-order valence-electron chi connectivity index (χ1n) is 3.95. The molecule has 0 aromatic rings. The Morgan fingerprint density at radius 2 is 1.47 bits per heavy atom. The monoisotopic (exact) mass is 271 g/mol. The van der Waals surface area contributed by atoms with Crippen molar-refractivity contribution in [3.8, 4) is 0 Å². The molecule has 0 bridgehead atoms. The highest BCUT2D eigenvalue weighted by atomic mass is 19.4. The smallest absolute Gasteiger partial charge is 0.267 e. The molecule has 0 aliphatic carbocycles. The largest absolute Gasteiger partial charge is 0.475 e. The Bertz CT molecular complexity index is 318. The van der Waals surface area contributed by atoms with Gasteiger partial charge in [-0.05, 0) is 0 Å². The molecule has 11 heteroatoms. The van der Waals surface area contributed by atoms with Gasteiger partial charge in [0, 0.05) is 7.05 Å². The molecular formula is C6H5F8N3. The van der Waals surface area contributed by atoms with Gasteiger partial charge in [-0.25, -0.2) is 0 Å².